The van der Waals surface area contributed by atoms with Gasteiger partial charge in [-0.2, -0.15) is 0 Å². The van der Waals surface area contributed by atoms with Gasteiger partial charge in [0.25, 0.3) is 0 Å². The Morgan fingerprint density at radius 2 is 2.14 bits per heavy atom. The van der Waals surface area contributed by atoms with Crippen molar-refractivity contribution >= 4 is 16.8 Å². The van der Waals surface area contributed by atoms with Gasteiger partial charge in [0.1, 0.15) is 29.8 Å². The lowest BCUT2D eigenvalue weighted by Gasteiger charge is -2.37. The summed E-state index contributed by atoms with van der Waals surface area (Å²) in [7, 11) is 0. The summed E-state index contributed by atoms with van der Waals surface area (Å²) >= 11 is 1.42. The second kappa shape index (κ2) is 3.79. The Bertz CT molecular complexity index is 260. The topological polar surface area (TPSA) is 82.3 Å². The van der Waals surface area contributed by atoms with Crippen LogP contribution in [0.1, 0.15) is 6.92 Å². The van der Waals surface area contributed by atoms with Gasteiger partial charge in [0.05, 0.1) is 11.7 Å². The van der Waals surface area contributed by atoms with Crippen LogP contribution in [-0.4, -0.2) is 56.8 Å². The molecule has 0 spiro atoms. The minimum absolute atomic E-state index is 0.273. The molecule has 6 heteroatoms. The average molecular weight is 219 g/mol. The van der Waals surface area contributed by atoms with E-state index in [9.17, 15) is 10.2 Å². The predicted octanol–water partition coefficient (Wildman–Crippen LogP) is -1.04. The van der Waals surface area contributed by atoms with Crippen molar-refractivity contribution in [3.05, 3.63) is 0 Å². The van der Waals surface area contributed by atoms with Crippen molar-refractivity contribution in [1.29, 1.82) is 0 Å². The minimum atomic E-state index is -1.06. The molecular formula is C8H13NO4S. The van der Waals surface area contributed by atoms with Crippen LogP contribution in [0.15, 0.2) is 4.99 Å². The third-order valence-electron chi connectivity index (χ3n) is 2.47. The summed E-state index contributed by atoms with van der Waals surface area (Å²) in [5.74, 6) is 0. The molecule has 0 bridgehead atoms. The van der Waals surface area contributed by atoms with Crippen molar-refractivity contribution in [2.45, 2.75) is 36.7 Å². The smallest absolute Gasteiger partial charge is 0.134 e. The number of hydrogen-bond donors (Lipinski definition) is 3. The van der Waals surface area contributed by atoms with E-state index in [2.05, 4.69) is 4.99 Å². The van der Waals surface area contributed by atoms with E-state index in [4.69, 9.17) is 9.84 Å². The third-order valence-corrected chi connectivity index (χ3v) is 3.53. The summed E-state index contributed by atoms with van der Waals surface area (Å²) < 4.78 is 5.40. The lowest BCUT2D eigenvalue weighted by atomic mass is 9.99. The quantitative estimate of drug-likeness (QED) is 0.525. The van der Waals surface area contributed by atoms with Crippen LogP contribution in [0.25, 0.3) is 0 Å². The summed E-state index contributed by atoms with van der Waals surface area (Å²) in [6.45, 7) is 1.54. The van der Waals surface area contributed by atoms with Gasteiger partial charge in [-0.05, 0) is 6.92 Å². The normalized spacial score (nSPS) is 47.4. The number of thioether (sulfide) groups is 1. The van der Waals surface area contributed by atoms with Gasteiger partial charge in [-0.15, -0.1) is 0 Å². The maximum atomic E-state index is 9.71. The molecule has 2 rings (SSSR count). The molecule has 80 valence electrons. The zero-order valence-corrected chi connectivity index (χ0v) is 8.52. The Balaban J connectivity index is 2.14. The van der Waals surface area contributed by atoms with Crippen molar-refractivity contribution in [2.75, 3.05) is 6.61 Å². The summed E-state index contributed by atoms with van der Waals surface area (Å²) in [5.41, 5.74) is -0.273. The van der Waals surface area contributed by atoms with E-state index >= 15 is 0 Å². The molecule has 3 unspecified atom stereocenters. The van der Waals surface area contributed by atoms with Gasteiger partial charge in [0.2, 0.25) is 0 Å². The lowest BCUT2D eigenvalue weighted by molar-refractivity contribution is -0.164. The zero-order chi connectivity index (χ0) is 10.3. The molecule has 1 saturated heterocycles. The third kappa shape index (κ3) is 1.57. The highest BCUT2D eigenvalue weighted by Crippen LogP contribution is 2.36. The molecular weight excluding hydrogens is 206 g/mol. The first-order chi connectivity index (χ1) is 6.63. The highest BCUT2D eigenvalue weighted by molar-refractivity contribution is 8.14. The van der Waals surface area contributed by atoms with Crippen LogP contribution in [0.4, 0.5) is 0 Å². The number of aliphatic hydroxyl groups excluding tert-OH is 3. The molecule has 0 amide bonds. The van der Waals surface area contributed by atoms with Gasteiger partial charge in [0, 0.05) is 0 Å². The lowest BCUT2D eigenvalue weighted by Crippen LogP contribution is -2.55. The number of aliphatic hydroxyl groups is 3. The Morgan fingerprint density at radius 3 is 2.79 bits per heavy atom. The largest absolute Gasteiger partial charge is 0.394 e. The highest BCUT2D eigenvalue weighted by atomic mass is 32.2. The van der Waals surface area contributed by atoms with Crippen LogP contribution in [0.3, 0.4) is 0 Å². The monoisotopic (exact) mass is 219 g/mol. The predicted molar refractivity (Wildman–Crippen MR) is 52.2 cm³/mol. The van der Waals surface area contributed by atoms with Crippen LogP contribution in [0.5, 0.6) is 0 Å². The summed E-state index contributed by atoms with van der Waals surface area (Å²) in [5, 5.41) is 29.0. The highest BCUT2D eigenvalue weighted by Gasteiger charge is 2.47. The van der Waals surface area contributed by atoms with E-state index in [1.165, 1.54) is 11.8 Å². The molecule has 14 heavy (non-hydrogen) atoms. The SMILES string of the molecule is CC1=N[C@@H]2C(OC(CO)[C@@H](O)C2O)S1. The van der Waals surface area contributed by atoms with Gasteiger partial charge in [-0.3, -0.25) is 4.99 Å². The van der Waals surface area contributed by atoms with Crippen molar-refractivity contribution in [3.8, 4) is 0 Å². The number of aliphatic imine (C=N–C) groups is 1. The van der Waals surface area contributed by atoms with Crippen molar-refractivity contribution in [2.24, 2.45) is 4.99 Å². The molecule has 0 aromatic rings. The van der Waals surface area contributed by atoms with Gasteiger partial charge >= 0.3 is 0 Å². The Labute approximate surface area is 85.8 Å². The molecule has 2 aliphatic rings. The fourth-order valence-electron chi connectivity index (χ4n) is 1.71. The van der Waals surface area contributed by atoms with Crippen LogP contribution >= 0.6 is 11.8 Å². The molecule has 5 nitrogen and oxygen atoms in total. The van der Waals surface area contributed by atoms with E-state index in [0.29, 0.717) is 0 Å². The molecule has 2 aliphatic heterocycles. The van der Waals surface area contributed by atoms with Gasteiger partial charge in [-0.25, -0.2) is 0 Å². The number of rotatable bonds is 1. The molecule has 0 saturated carbocycles. The first kappa shape index (κ1) is 10.4. The molecule has 2 heterocycles. The second-order valence-corrected chi connectivity index (χ2v) is 4.75. The first-order valence-electron chi connectivity index (χ1n) is 4.47. The van der Waals surface area contributed by atoms with Gasteiger partial charge in [-0.1, -0.05) is 11.8 Å². The summed E-state index contributed by atoms with van der Waals surface area (Å²) in [6.07, 6.45) is -2.72. The van der Waals surface area contributed by atoms with Crippen LogP contribution in [0.2, 0.25) is 0 Å². The first-order valence-corrected chi connectivity index (χ1v) is 5.35. The molecule has 0 aromatic heterocycles. The van der Waals surface area contributed by atoms with E-state index in [-0.39, 0.29) is 12.0 Å². The van der Waals surface area contributed by atoms with E-state index in [1.54, 1.807) is 0 Å². The Hall–Kier alpha value is -0.140. The number of ether oxygens (including phenoxy) is 1. The number of hydrogen-bond acceptors (Lipinski definition) is 6. The van der Waals surface area contributed by atoms with Gasteiger partial charge < -0.3 is 20.1 Å². The number of fused-ring (bicyclic) bond motifs is 1. The van der Waals surface area contributed by atoms with E-state index < -0.39 is 24.4 Å². The van der Waals surface area contributed by atoms with E-state index in [1.807, 2.05) is 6.92 Å². The second-order valence-electron chi connectivity index (χ2n) is 3.46. The van der Waals surface area contributed by atoms with Gasteiger partial charge in [0.15, 0.2) is 0 Å². The molecule has 5 atom stereocenters. The minimum Gasteiger partial charge on any atom is -0.394 e. The summed E-state index contributed by atoms with van der Waals surface area (Å²) in [6, 6.07) is -0.405. The zero-order valence-electron chi connectivity index (χ0n) is 7.70. The number of nitrogens with zero attached hydrogens (tertiary/aromatic N) is 1. The molecule has 0 aliphatic carbocycles. The standard InChI is InChI=1S/C8H13NO4S/c1-3-9-5-7(12)6(11)4(2-10)13-8(5)14-3/h4-8,10-12H,2H2,1H3/t4?,5-,6+,7?,8?/m0/s1. The van der Waals surface area contributed by atoms with Crippen LogP contribution in [0, 0.1) is 0 Å². The molecule has 3 N–H and O–H groups in total. The molecule has 1 fully saturated rings. The Morgan fingerprint density at radius 1 is 1.43 bits per heavy atom. The maximum Gasteiger partial charge on any atom is 0.134 e. The van der Waals surface area contributed by atoms with Crippen molar-refractivity contribution in [1.82, 2.24) is 0 Å². The maximum absolute atomic E-state index is 9.71. The summed E-state index contributed by atoms with van der Waals surface area (Å²) in [4.78, 5) is 4.17. The van der Waals surface area contributed by atoms with E-state index in [0.717, 1.165) is 5.04 Å². The van der Waals surface area contributed by atoms with Crippen LogP contribution in [-0.2, 0) is 4.74 Å². The van der Waals surface area contributed by atoms with Crippen molar-refractivity contribution < 1.29 is 20.1 Å². The van der Waals surface area contributed by atoms with Crippen molar-refractivity contribution in [3.63, 3.8) is 0 Å². The average Bonchev–Trinajstić information content (AvgIpc) is 2.52. The fraction of sp³-hybridized carbons (Fsp3) is 0.875. The molecule has 0 radical (unpaired) electrons. The fourth-order valence-corrected chi connectivity index (χ4v) is 2.79. The van der Waals surface area contributed by atoms with Crippen LogP contribution < -0.4 is 0 Å². The molecule has 0 aromatic carbocycles. The Kier molecular flexibility index (Phi) is 2.81.